The van der Waals surface area contributed by atoms with E-state index >= 15 is 0 Å². The van der Waals surface area contributed by atoms with Crippen molar-refractivity contribution in [2.45, 2.75) is 6.42 Å². The van der Waals surface area contributed by atoms with Crippen molar-refractivity contribution in [3.8, 4) is 23.0 Å². The van der Waals surface area contributed by atoms with Crippen LogP contribution in [0.4, 0.5) is 5.82 Å². The molecule has 0 fully saturated rings. The molecule has 0 aliphatic rings. The highest BCUT2D eigenvalue weighted by atomic mass is 16.6. The Kier molecular flexibility index (Phi) is 4.90. The smallest absolute Gasteiger partial charge is 0.199 e. The zero-order valence-electron chi connectivity index (χ0n) is 15.7. The Morgan fingerprint density at radius 2 is 2.11 bits per heavy atom. The van der Waals surface area contributed by atoms with Gasteiger partial charge in [0.25, 0.3) is 0 Å². The number of aromatic nitrogens is 5. The van der Waals surface area contributed by atoms with Gasteiger partial charge in [0, 0.05) is 18.8 Å². The zero-order chi connectivity index (χ0) is 19.5. The van der Waals surface area contributed by atoms with Crippen molar-refractivity contribution in [2.75, 3.05) is 33.0 Å². The normalized spacial score (nSPS) is 11.4. The van der Waals surface area contributed by atoms with Gasteiger partial charge in [0.1, 0.15) is 11.3 Å². The van der Waals surface area contributed by atoms with E-state index < -0.39 is 0 Å². The first-order valence-electron chi connectivity index (χ1n) is 8.92. The lowest BCUT2D eigenvalue weighted by Gasteiger charge is -2.12. The SMILES string of the molecule is CN(C)CCCOc1cccc(-n2c(-c3nonc3N)nc3cnccc32)c1. The summed E-state index contributed by atoms with van der Waals surface area (Å²) in [5.41, 5.74) is 8.76. The largest absolute Gasteiger partial charge is 0.493 e. The van der Waals surface area contributed by atoms with Crippen LogP contribution in [0.2, 0.25) is 0 Å². The fourth-order valence-electron chi connectivity index (χ4n) is 2.99. The predicted octanol–water partition coefficient (Wildman–Crippen LogP) is 2.38. The summed E-state index contributed by atoms with van der Waals surface area (Å²) < 4.78 is 12.6. The molecule has 144 valence electrons. The maximum absolute atomic E-state index is 5.92. The monoisotopic (exact) mass is 379 g/mol. The average Bonchev–Trinajstić information content (AvgIpc) is 3.28. The molecule has 0 saturated heterocycles. The second-order valence-electron chi connectivity index (χ2n) is 6.64. The molecule has 0 radical (unpaired) electrons. The number of rotatable bonds is 7. The quantitative estimate of drug-likeness (QED) is 0.488. The minimum absolute atomic E-state index is 0.181. The van der Waals surface area contributed by atoms with Gasteiger partial charge in [-0.15, -0.1) is 0 Å². The van der Waals surface area contributed by atoms with Crippen molar-refractivity contribution in [3.05, 3.63) is 42.7 Å². The number of anilines is 1. The van der Waals surface area contributed by atoms with Gasteiger partial charge in [-0.1, -0.05) is 6.07 Å². The summed E-state index contributed by atoms with van der Waals surface area (Å²) in [6.45, 7) is 1.62. The van der Waals surface area contributed by atoms with Gasteiger partial charge in [0.15, 0.2) is 17.3 Å². The molecule has 9 nitrogen and oxygen atoms in total. The molecule has 4 rings (SSSR count). The molecular weight excluding hydrogens is 358 g/mol. The first-order chi connectivity index (χ1) is 13.6. The van der Waals surface area contributed by atoms with Crippen LogP contribution in [0.25, 0.3) is 28.2 Å². The molecule has 0 amide bonds. The van der Waals surface area contributed by atoms with E-state index in [1.54, 1.807) is 12.4 Å². The van der Waals surface area contributed by atoms with E-state index in [0.29, 0.717) is 18.1 Å². The van der Waals surface area contributed by atoms with Gasteiger partial charge in [-0.2, -0.15) is 0 Å². The van der Waals surface area contributed by atoms with Gasteiger partial charge in [-0.3, -0.25) is 9.55 Å². The standard InChI is InChI=1S/C19H21N7O2/c1-25(2)9-4-10-27-14-6-3-5-13(11-14)26-16-7-8-21-12-15(16)22-19(26)17-18(20)24-28-23-17/h3,5-8,11-12H,4,9-10H2,1-2H3,(H2,20,24). The Balaban J connectivity index is 1.73. The predicted molar refractivity (Wildman–Crippen MR) is 105 cm³/mol. The second kappa shape index (κ2) is 7.65. The summed E-state index contributed by atoms with van der Waals surface area (Å²) >= 11 is 0. The highest BCUT2D eigenvalue weighted by molar-refractivity contribution is 5.83. The van der Waals surface area contributed by atoms with E-state index in [4.69, 9.17) is 15.1 Å². The Morgan fingerprint density at radius 3 is 2.89 bits per heavy atom. The van der Waals surface area contributed by atoms with E-state index in [0.717, 1.165) is 35.4 Å². The molecule has 3 aromatic heterocycles. The Hall–Kier alpha value is -3.46. The van der Waals surface area contributed by atoms with Gasteiger partial charge in [0.05, 0.1) is 24.0 Å². The fourth-order valence-corrected chi connectivity index (χ4v) is 2.99. The third kappa shape index (κ3) is 3.52. The highest BCUT2D eigenvalue weighted by Gasteiger charge is 2.20. The number of fused-ring (bicyclic) bond motifs is 1. The lowest BCUT2D eigenvalue weighted by molar-refractivity contribution is 0.281. The van der Waals surface area contributed by atoms with Gasteiger partial charge in [0.2, 0.25) is 0 Å². The summed E-state index contributed by atoms with van der Waals surface area (Å²) in [6, 6.07) is 9.70. The fraction of sp³-hybridized carbons (Fsp3) is 0.263. The van der Waals surface area contributed by atoms with Gasteiger partial charge >= 0.3 is 0 Å². The molecular formula is C19H21N7O2. The summed E-state index contributed by atoms with van der Waals surface area (Å²) in [4.78, 5) is 10.9. The lowest BCUT2D eigenvalue weighted by atomic mass is 10.2. The molecule has 4 aromatic rings. The zero-order valence-corrected chi connectivity index (χ0v) is 15.7. The maximum atomic E-state index is 5.92. The molecule has 0 bridgehead atoms. The van der Waals surface area contributed by atoms with Crippen LogP contribution in [0.1, 0.15) is 6.42 Å². The van der Waals surface area contributed by atoms with Crippen LogP contribution >= 0.6 is 0 Å². The number of nitrogen functional groups attached to an aromatic ring is 1. The third-order valence-corrected chi connectivity index (χ3v) is 4.28. The van der Waals surface area contributed by atoms with Crippen LogP contribution in [0.3, 0.4) is 0 Å². The van der Waals surface area contributed by atoms with Crippen LogP contribution in [0.15, 0.2) is 47.4 Å². The number of pyridine rings is 1. The van der Waals surface area contributed by atoms with Gasteiger partial charge in [-0.25, -0.2) is 9.61 Å². The summed E-state index contributed by atoms with van der Waals surface area (Å²) in [5, 5.41) is 7.59. The van der Waals surface area contributed by atoms with Gasteiger partial charge in [-0.05, 0) is 49.0 Å². The summed E-state index contributed by atoms with van der Waals surface area (Å²) in [6.07, 6.45) is 4.36. The van der Waals surface area contributed by atoms with E-state index in [1.807, 2.05) is 49.0 Å². The first kappa shape index (κ1) is 17.9. The minimum Gasteiger partial charge on any atom is -0.493 e. The van der Waals surface area contributed by atoms with Crippen molar-refractivity contribution >= 4 is 16.9 Å². The van der Waals surface area contributed by atoms with Crippen LogP contribution in [-0.4, -0.2) is 57.0 Å². The van der Waals surface area contributed by atoms with Crippen molar-refractivity contribution in [1.29, 1.82) is 0 Å². The third-order valence-electron chi connectivity index (χ3n) is 4.28. The average molecular weight is 379 g/mol. The number of ether oxygens (including phenoxy) is 1. The number of nitrogens with zero attached hydrogens (tertiary/aromatic N) is 6. The summed E-state index contributed by atoms with van der Waals surface area (Å²) in [7, 11) is 4.09. The van der Waals surface area contributed by atoms with Crippen molar-refractivity contribution in [2.24, 2.45) is 0 Å². The minimum atomic E-state index is 0.181. The van der Waals surface area contributed by atoms with E-state index in [1.165, 1.54) is 0 Å². The molecule has 3 heterocycles. The van der Waals surface area contributed by atoms with Crippen LogP contribution < -0.4 is 10.5 Å². The van der Waals surface area contributed by atoms with Crippen LogP contribution in [0.5, 0.6) is 5.75 Å². The molecule has 2 N–H and O–H groups in total. The lowest BCUT2D eigenvalue weighted by Crippen LogP contribution is -2.15. The number of hydrogen-bond acceptors (Lipinski definition) is 8. The topological polar surface area (TPSA) is 108 Å². The Labute approximate surface area is 161 Å². The van der Waals surface area contributed by atoms with Crippen LogP contribution in [-0.2, 0) is 0 Å². The number of hydrogen-bond donors (Lipinski definition) is 1. The van der Waals surface area contributed by atoms with E-state index in [9.17, 15) is 0 Å². The highest BCUT2D eigenvalue weighted by Crippen LogP contribution is 2.30. The van der Waals surface area contributed by atoms with Crippen LogP contribution in [0, 0.1) is 0 Å². The molecule has 9 heteroatoms. The molecule has 1 aromatic carbocycles. The molecule has 0 aliphatic heterocycles. The molecule has 0 spiro atoms. The molecule has 0 saturated carbocycles. The maximum Gasteiger partial charge on any atom is 0.199 e. The van der Waals surface area contributed by atoms with Crippen molar-refractivity contribution < 1.29 is 9.37 Å². The first-order valence-corrected chi connectivity index (χ1v) is 8.92. The Bertz CT molecular complexity index is 1090. The number of imidazole rings is 1. The van der Waals surface area contributed by atoms with Gasteiger partial charge < -0.3 is 15.4 Å². The second-order valence-corrected chi connectivity index (χ2v) is 6.64. The number of nitrogens with two attached hydrogens (primary N) is 1. The molecule has 0 unspecified atom stereocenters. The summed E-state index contributed by atoms with van der Waals surface area (Å²) in [5.74, 6) is 1.50. The van der Waals surface area contributed by atoms with E-state index in [2.05, 4.69) is 25.2 Å². The Morgan fingerprint density at radius 1 is 1.21 bits per heavy atom. The van der Waals surface area contributed by atoms with E-state index in [-0.39, 0.29) is 5.82 Å². The molecule has 28 heavy (non-hydrogen) atoms. The molecule has 0 atom stereocenters. The van der Waals surface area contributed by atoms with Crippen molar-refractivity contribution in [1.82, 2.24) is 29.7 Å². The van der Waals surface area contributed by atoms with Crippen molar-refractivity contribution in [3.63, 3.8) is 0 Å². The molecule has 0 aliphatic carbocycles. The number of benzene rings is 1.